The second-order valence-electron chi connectivity index (χ2n) is 8.08. The van der Waals surface area contributed by atoms with Gasteiger partial charge in [-0.15, -0.1) is 0 Å². The Kier molecular flexibility index (Phi) is 9.06. The average molecular weight is 450 g/mol. The molecule has 7 heteroatoms. The first-order valence-corrected chi connectivity index (χ1v) is 11.3. The summed E-state index contributed by atoms with van der Waals surface area (Å²) >= 11 is 0. The van der Waals surface area contributed by atoms with Crippen molar-refractivity contribution in [3.05, 3.63) is 72.8 Å². The first-order valence-electron chi connectivity index (χ1n) is 11.3. The predicted molar refractivity (Wildman–Crippen MR) is 128 cm³/mol. The van der Waals surface area contributed by atoms with E-state index < -0.39 is 11.9 Å². The number of nitrogens with zero attached hydrogens (tertiary/aromatic N) is 2. The van der Waals surface area contributed by atoms with Crippen LogP contribution in [0.3, 0.4) is 0 Å². The SMILES string of the molecule is CC(CCCC=C(COc1cccc2ccccc12)C(=O)NCCCn1ccnc1)C(=O)O. The summed E-state index contributed by atoms with van der Waals surface area (Å²) in [4.78, 5) is 27.9. The van der Waals surface area contributed by atoms with E-state index in [2.05, 4.69) is 10.3 Å². The number of rotatable bonds is 13. The summed E-state index contributed by atoms with van der Waals surface area (Å²) in [5.74, 6) is -0.626. The van der Waals surface area contributed by atoms with Crippen molar-refractivity contribution in [3.63, 3.8) is 0 Å². The standard InChI is InChI=1S/C26H31N3O4/c1-20(26(31)32)8-2-3-10-22(25(30)28-14-7-16-29-17-15-27-19-29)18-33-24-13-6-11-21-9-4-5-12-23(21)24/h4-6,9-13,15,17,19-20H,2-3,7-8,14,16,18H2,1H3,(H,28,30)(H,31,32). The number of carbonyl (C=O) groups is 2. The molecule has 0 aliphatic rings. The summed E-state index contributed by atoms with van der Waals surface area (Å²) in [7, 11) is 0. The zero-order valence-corrected chi connectivity index (χ0v) is 18.9. The normalized spacial score (nSPS) is 12.5. The molecule has 0 saturated heterocycles. The molecule has 1 amide bonds. The van der Waals surface area contributed by atoms with E-state index >= 15 is 0 Å². The van der Waals surface area contributed by atoms with Crippen LogP contribution in [0.15, 0.2) is 72.8 Å². The minimum absolute atomic E-state index is 0.149. The maximum atomic E-state index is 12.9. The van der Waals surface area contributed by atoms with Crippen molar-refractivity contribution in [1.29, 1.82) is 0 Å². The van der Waals surface area contributed by atoms with E-state index in [4.69, 9.17) is 9.84 Å². The number of unbranched alkanes of at least 4 members (excludes halogenated alkanes) is 1. The molecule has 3 rings (SSSR count). The number of fused-ring (bicyclic) bond motifs is 1. The van der Waals surface area contributed by atoms with Gasteiger partial charge in [-0.05, 0) is 37.1 Å². The maximum absolute atomic E-state index is 12.9. The van der Waals surface area contributed by atoms with E-state index in [-0.39, 0.29) is 12.5 Å². The maximum Gasteiger partial charge on any atom is 0.306 e. The molecule has 2 aromatic carbocycles. The monoisotopic (exact) mass is 449 g/mol. The van der Waals surface area contributed by atoms with Crippen molar-refractivity contribution in [1.82, 2.24) is 14.9 Å². The molecule has 0 spiro atoms. The molecule has 0 bridgehead atoms. The molecule has 0 saturated carbocycles. The van der Waals surface area contributed by atoms with Crippen LogP contribution in [0, 0.1) is 5.92 Å². The van der Waals surface area contributed by atoms with E-state index in [9.17, 15) is 9.59 Å². The van der Waals surface area contributed by atoms with Gasteiger partial charge in [0.1, 0.15) is 12.4 Å². The van der Waals surface area contributed by atoms with E-state index in [1.54, 1.807) is 19.4 Å². The lowest BCUT2D eigenvalue weighted by Crippen LogP contribution is -2.29. The van der Waals surface area contributed by atoms with Crippen molar-refractivity contribution < 1.29 is 19.4 Å². The first kappa shape index (κ1) is 24.0. The lowest BCUT2D eigenvalue weighted by molar-refractivity contribution is -0.141. The quantitative estimate of drug-likeness (QED) is 0.297. The van der Waals surface area contributed by atoms with E-state index in [1.165, 1.54) is 0 Å². The zero-order valence-electron chi connectivity index (χ0n) is 18.9. The Balaban J connectivity index is 1.60. The van der Waals surface area contributed by atoms with E-state index in [1.807, 2.05) is 59.3 Å². The van der Waals surface area contributed by atoms with Gasteiger partial charge < -0.3 is 19.7 Å². The van der Waals surface area contributed by atoms with Gasteiger partial charge in [-0.1, -0.05) is 49.4 Å². The van der Waals surface area contributed by atoms with Gasteiger partial charge in [0.2, 0.25) is 5.91 Å². The first-order chi connectivity index (χ1) is 16.0. The van der Waals surface area contributed by atoms with Gasteiger partial charge in [-0.25, -0.2) is 4.98 Å². The highest BCUT2D eigenvalue weighted by atomic mass is 16.5. The van der Waals surface area contributed by atoms with E-state index in [0.717, 1.165) is 29.5 Å². The van der Waals surface area contributed by atoms with Crippen molar-refractivity contribution in [3.8, 4) is 5.75 Å². The summed E-state index contributed by atoms with van der Waals surface area (Å²) < 4.78 is 8.02. The summed E-state index contributed by atoms with van der Waals surface area (Å²) in [5.41, 5.74) is 0.550. The number of benzene rings is 2. The number of aromatic nitrogens is 2. The van der Waals surface area contributed by atoms with Crippen molar-refractivity contribution >= 4 is 22.6 Å². The highest BCUT2D eigenvalue weighted by molar-refractivity contribution is 5.94. The largest absolute Gasteiger partial charge is 0.488 e. The molecule has 7 nitrogen and oxygen atoms in total. The number of ether oxygens (including phenoxy) is 1. The lowest BCUT2D eigenvalue weighted by atomic mass is 10.0. The molecule has 3 aromatic rings. The van der Waals surface area contributed by atoms with Crippen LogP contribution in [0.2, 0.25) is 0 Å². The van der Waals surface area contributed by atoms with Gasteiger partial charge >= 0.3 is 5.97 Å². The topological polar surface area (TPSA) is 93.5 Å². The van der Waals surface area contributed by atoms with Crippen molar-refractivity contribution in [2.24, 2.45) is 5.92 Å². The van der Waals surface area contributed by atoms with Crippen LogP contribution in [0.1, 0.15) is 32.6 Å². The van der Waals surface area contributed by atoms with Crippen molar-refractivity contribution in [2.45, 2.75) is 39.2 Å². The average Bonchev–Trinajstić information content (AvgIpc) is 3.34. The second-order valence-corrected chi connectivity index (χ2v) is 8.08. The van der Waals surface area contributed by atoms with Crippen molar-refractivity contribution in [2.75, 3.05) is 13.2 Å². The van der Waals surface area contributed by atoms with Gasteiger partial charge in [-0.3, -0.25) is 9.59 Å². The highest BCUT2D eigenvalue weighted by Crippen LogP contribution is 2.25. The van der Waals surface area contributed by atoms with Crippen LogP contribution in [0.25, 0.3) is 10.8 Å². The fraction of sp³-hybridized carbons (Fsp3) is 0.346. The smallest absolute Gasteiger partial charge is 0.306 e. The Bertz CT molecular complexity index is 1070. The van der Waals surface area contributed by atoms with Gasteiger partial charge in [0, 0.05) is 30.9 Å². The Morgan fingerprint density at radius 1 is 1.18 bits per heavy atom. The molecule has 0 aliphatic heterocycles. The van der Waals surface area contributed by atoms with Gasteiger partial charge in [0.05, 0.1) is 17.8 Å². The summed E-state index contributed by atoms with van der Waals surface area (Å²) in [6, 6.07) is 13.8. The minimum atomic E-state index is -0.797. The number of imidazole rings is 1. The summed E-state index contributed by atoms with van der Waals surface area (Å²) in [6.07, 6.45) is 9.91. The fourth-order valence-electron chi connectivity index (χ4n) is 3.51. The molecule has 0 fully saturated rings. The molecule has 1 aromatic heterocycles. The minimum Gasteiger partial charge on any atom is -0.488 e. The third-order valence-electron chi connectivity index (χ3n) is 5.52. The van der Waals surface area contributed by atoms with Crippen LogP contribution in [0.5, 0.6) is 5.75 Å². The highest BCUT2D eigenvalue weighted by Gasteiger charge is 2.13. The molecule has 2 N–H and O–H groups in total. The summed E-state index contributed by atoms with van der Waals surface area (Å²) in [6.45, 7) is 3.16. The molecular formula is C26H31N3O4. The number of aliphatic carboxylic acids is 1. The Morgan fingerprint density at radius 2 is 2.00 bits per heavy atom. The number of carbonyl (C=O) groups excluding carboxylic acids is 1. The number of carboxylic acid groups (broad SMARTS) is 1. The fourth-order valence-corrected chi connectivity index (χ4v) is 3.51. The summed E-state index contributed by atoms with van der Waals surface area (Å²) in [5, 5.41) is 14.1. The van der Waals surface area contributed by atoms with Crippen LogP contribution in [0.4, 0.5) is 0 Å². The predicted octanol–water partition coefficient (Wildman–Crippen LogP) is 4.44. The Morgan fingerprint density at radius 3 is 2.79 bits per heavy atom. The van der Waals surface area contributed by atoms with Crippen LogP contribution >= 0.6 is 0 Å². The zero-order chi connectivity index (χ0) is 23.5. The number of allylic oxidation sites excluding steroid dienone is 1. The van der Waals surface area contributed by atoms with Crippen LogP contribution in [-0.2, 0) is 16.1 Å². The molecule has 33 heavy (non-hydrogen) atoms. The molecule has 0 aliphatic carbocycles. The molecule has 1 unspecified atom stereocenters. The third-order valence-corrected chi connectivity index (χ3v) is 5.52. The number of nitrogens with one attached hydrogen (secondary N) is 1. The lowest BCUT2D eigenvalue weighted by Gasteiger charge is -2.13. The molecular weight excluding hydrogens is 418 g/mol. The van der Waals surface area contributed by atoms with Gasteiger partial charge in [0.15, 0.2) is 0 Å². The van der Waals surface area contributed by atoms with Gasteiger partial charge in [-0.2, -0.15) is 0 Å². The number of hydrogen-bond donors (Lipinski definition) is 2. The number of aryl methyl sites for hydroxylation is 1. The molecule has 0 radical (unpaired) electrons. The number of hydrogen-bond acceptors (Lipinski definition) is 4. The molecule has 1 atom stereocenters. The Labute approximate surface area is 194 Å². The third kappa shape index (κ3) is 7.49. The van der Waals surface area contributed by atoms with Crippen LogP contribution < -0.4 is 10.1 Å². The van der Waals surface area contributed by atoms with Crippen LogP contribution in [-0.4, -0.2) is 39.7 Å². The molecule has 1 heterocycles. The van der Waals surface area contributed by atoms with E-state index in [0.29, 0.717) is 31.4 Å². The number of amides is 1. The molecule has 174 valence electrons. The second kappa shape index (κ2) is 12.4. The number of carboxylic acids is 1. The Hall–Kier alpha value is -3.61. The van der Waals surface area contributed by atoms with Gasteiger partial charge in [0.25, 0.3) is 0 Å².